The number of nitrogens with zero attached hydrogens (tertiary/aromatic N) is 1. The summed E-state index contributed by atoms with van der Waals surface area (Å²) in [7, 11) is 0. The molecule has 1 aromatic carbocycles. The van der Waals surface area contributed by atoms with Gasteiger partial charge < -0.3 is 10.5 Å². The van der Waals surface area contributed by atoms with Crippen molar-refractivity contribution in [2.45, 2.75) is 19.1 Å². The molecule has 0 fully saturated rings. The summed E-state index contributed by atoms with van der Waals surface area (Å²) in [5.41, 5.74) is 6.69. The Morgan fingerprint density at radius 2 is 1.80 bits per heavy atom. The zero-order valence-corrected chi connectivity index (χ0v) is 13.0. The van der Waals surface area contributed by atoms with Crippen LogP contribution in [0.15, 0.2) is 36.5 Å². The summed E-state index contributed by atoms with van der Waals surface area (Å²) in [6.45, 7) is 1.84. The van der Waals surface area contributed by atoms with Crippen molar-refractivity contribution in [3.05, 3.63) is 57.3 Å². The molecule has 0 bridgehead atoms. The van der Waals surface area contributed by atoms with Crippen molar-refractivity contribution in [3.63, 3.8) is 0 Å². The Labute approximate surface area is 132 Å². The highest BCUT2D eigenvalue weighted by Gasteiger charge is 2.21. The number of aromatic nitrogens is 1. The Morgan fingerprint density at radius 3 is 2.40 bits per heavy atom. The largest absolute Gasteiger partial charge is 0.481 e. The van der Waals surface area contributed by atoms with E-state index < -0.39 is 6.10 Å². The number of rotatable bonds is 4. The molecule has 0 aliphatic rings. The molecule has 0 aliphatic heterocycles. The normalized spacial score (nSPS) is 13.8. The first-order chi connectivity index (χ1) is 9.49. The third kappa shape index (κ3) is 3.55. The molecular formula is C14H13Cl3N2O. The van der Waals surface area contributed by atoms with Gasteiger partial charge in [0.05, 0.1) is 20.8 Å². The van der Waals surface area contributed by atoms with Crippen LogP contribution in [-0.2, 0) is 0 Å². The summed E-state index contributed by atoms with van der Waals surface area (Å²) < 4.78 is 5.87. The number of hydrogen-bond acceptors (Lipinski definition) is 3. The third-order valence-corrected chi connectivity index (χ3v) is 3.70. The molecule has 0 saturated heterocycles. The van der Waals surface area contributed by atoms with Crippen molar-refractivity contribution in [2.24, 2.45) is 5.73 Å². The Bertz CT molecular complexity index is 590. The second-order valence-corrected chi connectivity index (χ2v) is 5.57. The highest BCUT2D eigenvalue weighted by atomic mass is 35.5. The van der Waals surface area contributed by atoms with Gasteiger partial charge in [0.2, 0.25) is 0 Å². The molecule has 0 radical (unpaired) electrons. The van der Waals surface area contributed by atoms with Crippen LogP contribution in [0.25, 0.3) is 0 Å². The first kappa shape index (κ1) is 15.4. The number of halogens is 3. The van der Waals surface area contributed by atoms with Gasteiger partial charge in [-0.2, -0.15) is 0 Å². The third-order valence-electron chi connectivity index (χ3n) is 2.69. The summed E-state index contributed by atoms with van der Waals surface area (Å²) in [5.74, 6) is 0.425. The summed E-state index contributed by atoms with van der Waals surface area (Å²) in [5, 5.41) is 1.12. The van der Waals surface area contributed by atoms with Gasteiger partial charge in [0, 0.05) is 18.3 Å². The predicted molar refractivity (Wildman–Crippen MR) is 82.7 cm³/mol. The van der Waals surface area contributed by atoms with Crippen LogP contribution in [0.2, 0.25) is 15.1 Å². The van der Waals surface area contributed by atoms with Gasteiger partial charge in [0.1, 0.15) is 5.75 Å². The molecule has 0 amide bonds. The number of benzene rings is 1. The van der Waals surface area contributed by atoms with Crippen molar-refractivity contribution < 1.29 is 4.74 Å². The van der Waals surface area contributed by atoms with Crippen LogP contribution in [0.4, 0.5) is 0 Å². The van der Waals surface area contributed by atoms with Crippen molar-refractivity contribution in [2.75, 3.05) is 0 Å². The Hall–Kier alpha value is -1.00. The predicted octanol–water partition coefficient (Wildman–Crippen LogP) is 4.51. The van der Waals surface area contributed by atoms with Gasteiger partial charge in [-0.3, -0.25) is 4.98 Å². The lowest BCUT2D eigenvalue weighted by Crippen LogP contribution is -2.29. The number of pyridine rings is 1. The Balaban J connectivity index is 2.32. The molecule has 6 heteroatoms. The zero-order valence-electron chi connectivity index (χ0n) is 10.7. The lowest BCUT2D eigenvalue weighted by Gasteiger charge is -2.22. The second-order valence-electron chi connectivity index (χ2n) is 4.35. The maximum atomic E-state index is 6.11. The molecule has 1 aromatic heterocycles. The van der Waals surface area contributed by atoms with Crippen molar-refractivity contribution >= 4 is 34.8 Å². The average Bonchev–Trinajstić information content (AvgIpc) is 2.42. The smallest absolute Gasteiger partial charge is 0.155 e. The molecule has 0 aliphatic carbocycles. The fourth-order valence-electron chi connectivity index (χ4n) is 1.71. The molecule has 0 spiro atoms. The van der Waals surface area contributed by atoms with E-state index in [9.17, 15) is 0 Å². The highest BCUT2D eigenvalue weighted by Crippen LogP contribution is 2.36. The maximum Gasteiger partial charge on any atom is 0.155 e. The fraction of sp³-hybridized carbons (Fsp3) is 0.214. The second kappa shape index (κ2) is 6.64. The van der Waals surface area contributed by atoms with Gasteiger partial charge in [-0.1, -0.05) is 40.9 Å². The molecule has 106 valence electrons. The van der Waals surface area contributed by atoms with Gasteiger partial charge in [-0.05, 0) is 25.1 Å². The Kier molecular flexibility index (Phi) is 5.11. The van der Waals surface area contributed by atoms with E-state index >= 15 is 0 Å². The zero-order chi connectivity index (χ0) is 14.7. The van der Waals surface area contributed by atoms with Crippen LogP contribution in [0.5, 0.6) is 5.75 Å². The van der Waals surface area contributed by atoms with Gasteiger partial charge in [0.15, 0.2) is 6.10 Å². The van der Waals surface area contributed by atoms with Gasteiger partial charge >= 0.3 is 0 Å². The minimum absolute atomic E-state index is 0.268. The van der Waals surface area contributed by atoms with E-state index in [1.54, 1.807) is 12.3 Å². The van der Waals surface area contributed by atoms with E-state index in [0.717, 1.165) is 5.69 Å². The molecule has 2 N–H and O–H groups in total. The molecule has 20 heavy (non-hydrogen) atoms. The molecule has 1 heterocycles. The lowest BCUT2D eigenvalue weighted by atomic mass is 10.1. The quantitative estimate of drug-likeness (QED) is 0.839. The topological polar surface area (TPSA) is 48.1 Å². The molecular weight excluding hydrogens is 319 g/mol. The van der Waals surface area contributed by atoms with Crippen molar-refractivity contribution in [1.29, 1.82) is 0 Å². The van der Waals surface area contributed by atoms with Crippen LogP contribution in [0.1, 0.15) is 18.7 Å². The molecule has 0 saturated carbocycles. The van der Waals surface area contributed by atoms with Crippen LogP contribution < -0.4 is 10.5 Å². The molecule has 2 unspecified atom stereocenters. The van der Waals surface area contributed by atoms with Gasteiger partial charge in [0.25, 0.3) is 0 Å². The van der Waals surface area contributed by atoms with Crippen molar-refractivity contribution in [3.8, 4) is 5.75 Å². The van der Waals surface area contributed by atoms with E-state index in [0.29, 0.717) is 20.8 Å². The monoisotopic (exact) mass is 330 g/mol. The van der Waals surface area contributed by atoms with Gasteiger partial charge in [-0.15, -0.1) is 0 Å². The van der Waals surface area contributed by atoms with E-state index in [4.69, 9.17) is 45.3 Å². The highest BCUT2D eigenvalue weighted by molar-refractivity contribution is 6.43. The maximum absolute atomic E-state index is 6.11. The van der Waals surface area contributed by atoms with E-state index in [2.05, 4.69) is 4.98 Å². The molecule has 2 aromatic rings. The van der Waals surface area contributed by atoms with E-state index in [-0.39, 0.29) is 6.04 Å². The summed E-state index contributed by atoms with van der Waals surface area (Å²) in [6, 6.07) is 8.39. The molecule has 2 atom stereocenters. The minimum atomic E-state index is -0.425. The Morgan fingerprint density at radius 1 is 1.10 bits per heavy atom. The van der Waals surface area contributed by atoms with Crippen LogP contribution in [-0.4, -0.2) is 11.0 Å². The summed E-state index contributed by atoms with van der Waals surface area (Å²) in [4.78, 5) is 4.26. The summed E-state index contributed by atoms with van der Waals surface area (Å²) >= 11 is 18.0. The van der Waals surface area contributed by atoms with Gasteiger partial charge in [-0.25, -0.2) is 0 Å². The minimum Gasteiger partial charge on any atom is -0.481 e. The lowest BCUT2D eigenvalue weighted by molar-refractivity contribution is 0.176. The summed E-state index contributed by atoms with van der Waals surface area (Å²) in [6.07, 6.45) is 1.26. The van der Waals surface area contributed by atoms with Crippen molar-refractivity contribution in [1.82, 2.24) is 4.98 Å². The number of nitrogens with two attached hydrogens (primary N) is 1. The molecule has 3 nitrogen and oxygen atoms in total. The SMILES string of the molecule is CC(N)C(Oc1cc(Cl)c(Cl)cc1Cl)c1ccccn1. The van der Waals surface area contributed by atoms with Crippen LogP contribution in [0.3, 0.4) is 0 Å². The standard InChI is InChI=1S/C14H13Cl3N2O/c1-8(18)14(12-4-2-3-5-19-12)20-13-7-10(16)9(15)6-11(13)17/h2-8,14H,18H2,1H3. The average molecular weight is 332 g/mol. The molecule has 2 rings (SSSR count). The first-order valence-corrected chi connectivity index (χ1v) is 7.10. The first-order valence-electron chi connectivity index (χ1n) is 5.96. The number of ether oxygens (including phenoxy) is 1. The van der Waals surface area contributed by atoms with Crippen LogP contribution in [0, 0.1) is 0 Å². The number of hydrogen-bond donors (Lipinski definition) is 1. The van der Waals surface area contributed by atoms with E-state index in [1.165, 1.54) is 6.07 Å². The van der Waals surface area contributed by atoms with E-state index in [1.807, 2.05) is 25.1 Å². The van der Waals surface area contributed by atoms with Crippen LogP contribution >= 0.6 is 34.8 Å². The fourth-order valence-corrected chi connectivity index (χ4v) is 2.29.